The third-order valence-corrected chi connectivity index (χ3v) is 1.96. The van der Waals surface area contributed by atoms with E-state index in [4.69, 9.17) is 0 Å². The van der Waals surface area contributed by atoms with Gasteiger partial charge in [-0.1, -0.05) is 0 Å². The maximum absolute atomic E-state index is 12.9. The summed E-state index contributed by atoms with van der Waals surface area (Å²) in [5.41, 5.74) is 3.32. The molecule has 0 bridgehead atoms. The second-order valence-electron chi connectivity index (χ2n) is 3.39. The molecule has 0 aromatic heterocycles. The molecule has 0 aliphatic carbocycles. The fourth-order valence-corrected chi connectivity index (χ4v) is 1.19. The number of benzene rings is 1. The van der Waals surface area contributed by atoms with Crippen molar-refractivity contribution in [2.75, 3.05) is 0 Å². The minimum atomic E-state index is -4.69. The number of halogens is 4. The zero-order valence-corrected chi connectivity index (χ0v) is 8.84. The Morgan fingerprint density at radius 3 is 2.33 bits per heavy atom. The fraction of sp³-hybridized carbons (Fsp3) is 0.200. The third-order valence-electron chi connectivity index (χ3n) is 1.96. The van der Waals surface area contributed by atoms with Gasteiger partial charge < -0.3 is 11.1 Å². The van der Waals surface area contributed by atoms with Crippen molar-refractivity contribution in [1.29, 1.82) is 0 Å². The number of hydrogen-bond donors (Lipinski definition) is 2. The van der Waals surface area contributed by atoms with Crippen LogP contribution >= 0.6 is 0 Å². The van der Waals surface area contributed by atoms with Crippen molar-refractivity contribution in [3.8, 4) is 0 Å². The highest BCUT2D eigenvalue weighted by Gasteiger charge is 2.31. The monoisotopic (exact) mass is 264 g/mol. The van der Waals surface area contributed by atoms with Crippen LogP contribution in [0, 0.1) is 5.82 Å². The van der Waals surface area contributed by atoms with E-state index >= 15 is 0 Å². The van der Waals surface area contributed by atoms with Gasteiger partial charge in [0.25, 0.3) is 0 Å². The van der Waals surface area contributed by atoms with Crippen molar-refractivity contribution >= 4 is 11.8 Å². The zero-order valence-electron chi connectivity index (χ0n) is 8.84. The number of alkyl halides is 3. The molecule has 98 valence electrons. The fourth-order valence-electron chi connectivity index (χ4n) is 1.19. The molecule has 18 heavy (non-hydrogen) atoms. The van der Waals surface area contributed by atoms with E-state index < -0.39 is 35.9 Å². The molecular formula is C10H8F4N2O2. The van der Waals surface area contributed by atoms with E-state index in [1.807, 2.05) is 5.32 Å². The number of nitrogens with two attached hydrogens (primary N) is 1. The van der Waals surface area contributed by atoms with Crippen LogP contribution in [0.4, 0.5) is 17.6 Å². The van der Waals surface area contributed by atoms with Crippen molar-refractivity contribution in [3.63, 3.8) is 0 Å². The SMILES string of the molecule is NC(=O)C(=O)NCc1cc(F)cc(C(F)(F)F)c1. The van der Waals surface area contributed by atoms with Crippen molar-refractivity contribution in [3.05, 3.63) is 35.1 Å². The lowest BCUT2D eigenvalue weighted by Gasteiger charge is -2.09. The number of hydrogen-bond acceptors (Lipinski definition) is 2. The van der Waals surface area contributed by atoms with Gasteiger partial charge in [0.05, 0.1) is 5.56 Å². The van der Waals surface area contributed by atoms with Crippen LogP contribution in [0.25, 0.3) is 0 Å². The molecule has 0 heterocycles. The van der Waals surface area contributed by atoms with Crippen LogP contribution in [0.5, 0.6) is 0 Å². The second-order valence-corrected chi connectivity index (χ2v) is 3.39. The molecule has 0 atom stereocenters. The Labute approximate surface area is 98.8 Å². The quantitative estimate of drug-likeness (QED) is 0.616. The molecule has 3 N–H and O–H groups in total. The summed E-state index contributed by atoms with van der Waals surface area (Å²) < 4.78 is 50.0. The molecule has 1 rings (SSSR count). The predicted molar refractivity (Wildman–Crippen MR) is 52.4 cm³/mol. The van der Waals surface area contributed by atoms with E-state index in [1.165, 1.54) is 0 Å². The molecule has 0 spiro atoms. The topological polar surface area (TPSA) is 72.2 Å². The van der Waals surface area contributed by atoms with Crippen molar-refractivity contribution in [2.45, 2.75) is 12.7 Å². The van der Waals surface area contributed by atoms with Crippen molar-refractivity contribution in [1.82, 2.24) is 5.32 Å². The summed E-state index contributed by atoms with van der Waals surface area (Å²) in [4.78, 5) is 21.2. The van der Waals surface area contributed by atoms with Gasteiger partial charge in [-0.3, -0.25) is 9.59 Å². The van der Waals surface area contributed by atoms with Gasteiger partial charge in [-0.15, -0.1) is 0 Å². The molecule has 4 nitrogen and oxygen atoms in total. The lowest BCUT2D eigenvalue weighted by atomic mass is 10.1. The molecule has 8 heteroatoms. The highest BCUT2D eigenvalue weighted by molar-refractivity contribution is 6.34. The normalized spacial score (nSPS) is 11.1. The van der Waals surface area contributed by atoms with Crippen LogP contribution < -0.4 is 11.1 Å². The summed E-state index contributed by atoms with van der Waals surface area (Å²) >= 11 is 0. The van der Waals surface area contributed by atoms with E-state index in [1.54, 1.807) is 0 Å². The Morgan fingerprint density at radius 1 is 1.22 bits per heavy atom. The van der Waals surface area contributed by atoms with E-state index in [-0.39, 0.29) is 5.56 Å². The minimum Gasteiger partial charge on any atom is -0.361 e. The number of primary amides is 1. The first-order valence-electron chi connectivity index (χ1n) is 4.64. The van der Waals surface area contributed by atoms with Gasteiger partial charge in [0, 0.05) is 6.54 Å². The minimum absolute atomic E-state index is 0.128. The largest absolute Gasteiger partial charge is 0.416 e. The van der Waals surface area contributed by atoms with Crippen LogP contribution in [0.15, 0.2) is 18.2 Å². The summed E-state index contributed by atoms with van der Waals surface area (Å²) in [7, 11) is 0. The molecule has 0 radical (unpaired) electrons. The van der Waals surface area contributed by atoms with E-state index in [0.29, 0.717) is 12.1 Å². The van der Waals surface area contributed by atoms with E-state index in [0.717, 1.165) is 6.07 Å². The Balaban J connectivity index is 2.87. The zero-order chi connectivity index (χ0) is 13.9. The highest BCUT2D eigenvalue weighted by atomic mass is 19.4. The second kappa shape index (κ2) is 5.03. The Kier molecular flexibility index (Phi) is 3.89. The number of amides is 2. The average molecular weight is 264 g/mol. The number of nitrogens with one attached hydrogen (secondary N) is 1. The summed E-state index contributed by atoms with van der Waals surface area (Å²) in [5, 5.41) is 1.96. The molecule has 0 saturated carbocycles. The standard InChI is InChI=1S/C10H8F4N2O2/c11-7-2-5(4-16-9(18)8(15)17)1-6(3-7)10(12,13)14/h1-3H,4H2,(H2,15,17)(H,16,18). The molecule has 0 unspecified atom stereocenters. The third kappa shape index (κ3) is 3.72. The Bertz CT molecular complexity index is 485. The summed E-state index contributed by atoms with van der Waals surface area (Å²) in [6, 6.07) is 1.82. The van der Waals surface area contributed by atoms with Gasteiger partial charge in [0.15, 0.2) is 0 Å². The summed E-state index contributed by atoms with van der Waals surface area (Å²) in [6.07, 6.45) is -4.69. The predicted octanol–water partition coefficient (Wildman–Crippen LogP) is 0.946. The molecule has 1 aromatic carbocycles. The molecule has 0 aliphatic heterocycles. The first-order chi connectivity index (χ1) is 8.20. The number of carbonyl (C=O) groups excluding carboxylic acids is 2. The Morgan fingerprint density at radius 2 is 1.83 bits per heavy atom. The highest BCUT2D eigenvalue weighted by Crippen LogP contribution is 2.30. The summed E-state index contributed by atoms with van der Waals surface area (Å²) in [5.74, 6) is -3.52. The van der Waals surface area contributed by atoms with E-state index in [9.17, 15) is 27.2 Å². The maximum Gasteiger partial charge on any atom is 0.416 e. The number of rotatable bonds is 2. The van der Waals surface area contributed by atoms with Crippen LogP contribution in [0.3, 0.4) is 0 Å². The van der Waals surface area contributed by atoms with Gasteiger partial charge in [-0.2, -0.15) is 13.2 Å². The average Bonchev–Trinajstić information content (AvgIpc) is 2.23. The molecule has 0 aliphatic rings. The van der Waals surface area contributed by atoms with E-state index in [2.05, 4.69) is 5.73 Å². The molecule has 1 aromatic rings. The first-order valence-corrected chi connectivity index (χ1v) is 4.64. The molecule has 0 saturated heterocycles. The lowest BCUT2D eigenvalue weighted by molar-refractivity contribution is -0.138. The van der Waals surface area contributed by atoms with Gasteiger partial charge in [0.1, 0.15) is 5.82 Å². The van der Waals surface area contributed by atoms with Crippen LogP contribution in [-0.4, -0.2) is 11.8 Å². The molecular weight excluding hydrogens is 256 g/mol. The smallest absolute Gasteiger partial charge is 0.361 e. The number of carbonyl (C=O) groups is 2. The maximum atomic E-state index is 12.9. The van der Waals surface area contributed by atoms with Crippen LogP contribution in [0.1, 0.15) is 11.1 Å². The molecule has 2 amide bonds. The first kappa shape index (κ1) is 13.9. The van der Waals surface area contributed by atoms with Gasteiger partial charge in [-0.25, -0.2) is 4.39 Å². The Hall–Kier alpha value is -2.12. The molecule has 0 fully saturated rings. The van der Waals surface area contributed by atoms with Gasteiger partial charge in [-0.05, 0) is 23.8 Å². The lowest BCUT2D eigenvalue weighted by Crippen LogP contribution is -2.35. The van der Waals surface area contributed by atoms with Gasteiger partial charge >= 0.3 is 18.0 Å². The van der Waals surface area contributed by atoms with Gasteiger partial charge in [0.2, 0.25) is 0 Å². The van der Waals surface area contributed by atoms with Crippen molar-refractivity contribution < 1.29 is 27.2 Å². The van der Waals surface area contributed by atoms with Crippen LogP contribution in [0.2, 0.25) is 0 Å². The van der Waals surface area contributed by atoms with Crippen molar-refractivity contribution in [2.24, 2.45) is 5.73 Å². The summed E-state index contributed by atoms with van der Waals surface area (Å²) in [6.45, 7) is -0.428. The van der Waals surface area contributed by atoms with Crippen LogP contribution in [-0.2, 0) is 22.3 Å².